The standard InChI is InChI=1S/C28H21NO4/c30-26(21-11-3-1-4-12-21)23-15-9-10-20(18-23)19-33-28(32)24-16-7-8-17-25(24)29-27(31)22-13-5-2-6-14-22/h1-18H,19H2,(H,29,31). The van der Waals surface area contributed by atoms with E-state index < -0.39 is 5.97 Å². The van der Waals surface area contributed by atoms with Crippen molar-refractivity contribution in [2.75, 3.05) is 5.32 Å². The average Bonchev–Trinajstić information content (AvgIpc) is 2.88. The molecule has 0 spiro atoms. The minimum atomic E-state index is -0.571. The lowest BCUT2D eigenvalue weighted by Crippen LogP contribution is -2.15. The summed E-state index contributed by atoms with van der Waals surface area (Å²) in [5.41, 5.74) is 2.90. The van der Waals surface area contributed by atoms with Gasteiger partial charge >= 0.3 is 5.97 Å². The van der Waals surface area contributed by atoms with Gasteiger partial charge in [0.05, 0.1) is 11.3 Å². The lowest BCUT2D eigenvalue weighted by Gasteiger charge is -2.11. The van der Waals surface area contributed by atoms with Gasteiger partial charge in [-0.15, -0.1) is 0 Å². The summed E-state index contributed by atoms with van der Waals surface area (Å²) in [5, 5.41) is 2.76. The number of ether oxygens (including phenoxy) is 1. The van der Waals surface area contributed by atoms with Crippen LogP contribution in [0.2, 0.25) is 0 Å². The van der Waals surface area contributed by atoms with E-state index in [1.807, 2.05) is 24.3 Å². The maximum absolute atomic E-state index is 12.8. The second kappa shape index (κ2) is 10.2. The van der Waals surface area contributed by atoms with Crippen LogP contribution in [0.15, 0.2) is 109 Å². The van der Waals surface area contributed by atoms with Crippen LogP contribution >= 0.6 is 0 Å². The van der Waals surface area contributed by atoms with Gasteiger partial charge in [-0.3, -0.25) is 9.59 Å². The zero-order valence-electron chi connectivity index (χ0n) is 17.7. The van der Waals surface area contributed by atoms with E-state index in [1.165, 1.54) is 0 Å². The van der Waals surface area contributed by atoms with E-state index in [-0.39, 0.29) is 23.9 Å². The van der Waals surface area contributed by atoms with E-state index >= 15 is 0 Å². The van der Waals surface area contributed by atoms with Crippen LogP contribution in [0.25, 0.3) is 0 Å². The molecule has 0 aliphatic rings. The monoisotopic (exact) mass is 435 g/mol. The third kappa shape index (κ3) is 5.40. The lowest BCUT2D eigenvalue weighted by atomic mass is 10.0. The Balaban J connectivity index is 1.45. The molecule has 1 N–H and O–H groups in total. The zero-order chi connectivity index (χ0) is 23.0. The van der Waals surface area contributed by atoms with E-state index in [2.05, 4.69) is 5.32 Å². The van der Waals surface area contributed by atoms with Crippen LogP contribution in [-0.2, 0) is 11.3 Å². The number of ketones is 1. The fourth-order valence-corrected chi connectivity index (χ4v) is 3.34. The minimum Gasteiger partial charge on any atom is -0.457 e. The summed E-state index contributed by atoms with van der Waals surface area (Å²) in [5.74, 6) is -0.987. The van der Waals surface area contributed by atoms with Gasteiger partial charge in [-0.2, -0.15) is 0 Å². The fraction of sp³-hybridized carbons (Fsp3) is 0.0357. The smallest absolute Gasteiger partial charge is 0.340 e. The van der Waals surface area contributed by atoms with E-state index in [1.54, 1.807) is 84.9 Å². The number of anilines is 1. The average molecular weight is 435 g/mol. The topological polar surface area (TPSA) is 72.5 Å². The number of nitrogens with one attached hydrogen (secondary N) is 1. The van der Waals surface area contributed by atoms with Crippen molar-refractivity contribution in [2.24, 2.45) is 0 Å². The molecule has 0 aromatic heterocycles. The van der Waals surface area contributed by atoms with Crippen molar-refractivity contribution in [1.82, 2.24) is 0 Å². The molecule has 0 saturated carbocycles. The first kappa shape index (κ1) is 21.7. The number of amides is 1. The molecule has 0 fully saturated rings. The van der Waals surface area contributed by atoms with Gasteiger partial charge in [0.25, 0.3) is 5.91 Å². The van der Waals surface area contributed by atoms with Gasteiger partial charge in [-0.05, 0) is 35.9 Å². The Bertz CT molecular complexity index is 1280. The number of benzene rings is 4. The summed E-state index contributed by atoms with van der Waals surface area (Å²) >= 11 is 0. The molecule has 0 aliphatic carbocycles. The van der Waals surface area contributed by atoms with Crippen LogP contribution in [0.5, 0.6) is 0 Å². The maximum Gasteiger partial charge on any atom is 0.340 e. The number of hydrogen-bond acceptors (Lipinski definition) is 4. The lowest BCUT2D eigenvalue weighted by molar-refractivity contribution is 0.0474. The van der Waals surface area contributed by atoms with Crippen molar-refractivity contribution < 1.29 is 19.1 Å². The third-order valence-corrected chi connectivity index (χ3v) is 5.03. The molecule has 0 radical (unpaired) electrons. The number of hydrogen-bond donors (Lipinski definition) is 1. The van der Waals surface area contributed by atoms with Crippen molar-refractivity contribution in [1.29, 1.82) is 0 Å². The highest BCUT2D eigenvalue weighted by molar-refractivity contribution is 6.09. The first-order chi connectivity index (χ1) is 16.1. The van der Waals surface area contributed by atoms with Gasteiger partial charge < -0.3 is 10.1 Å². The number of rotatable bonds is 7. The SMILES string of the molecule is O=C(Nc1ccccc1C(=O)OCc1cccc(C(=O)c2ccccc2)c1)c1ccccc1. The Morgan fingerprint density at radius 2 is 1.24 bits per heavy atom. The molecule has 0 unspecified atom stereocenters. The molecule has 0 saturated heterocycles. The Hall–Kier alpha value is -4.51. The Kier molecular flexibility index (Phi) is 6.71. The molecule has 0 heterocycles. The molecule has 0 bridgehead atoms. The van der Waals surface area contributed by atoms with Crippen LogP contribution in [0.4, 0.5) is 5.69 Å². The van der Waals surface area contributed by atoms with E-state index in [0.717, 1.165) is 0 Å². The molecule has 4 aromatic carbocycles. The molecular weight excluding hydrogens is 414 g/mol. The third-order valence-electron chi connectivity index (χ3n) is 5.03. The van der Waals surface area contributed by atoms with Crippen LogP contribution < -0.4 is 5.32 Å². The minimum absolute atomic E-state index is 0.00426. The predicted octanol–water partition coefficient (Wildman–Crippen LogP) is 5.53. The summed E-state index contributed by atoms with van der Waals surface area (Å²) in [6.07, 6.45) is 0. The largest absolute Gasteiger partial charge is 0.457 e. The Morgan fingerprint density at radius 1 is 0.636 bits per heavy atom. The normalized spacial score (nSPS) is 10.3. The van der Waals surface area contributed by atoms with E-state index in [0.29, 0.717) is 27.9 Å². The molecule has 5 nitrogen and oxygen atoms in total. The Labute approximate surface area is 191 Å². The summed E-state index contributed by atoms with van der Waals surface area (Å²) in [7, 11) is 0. The number of esters is 1. The second-order valence-electron chi connectivity index (χ2n) is 7.34. The summed E-state index contributed by atoms with van der Waals surface area (Å²) in [6.45, 7) is -0.00426. The van der Waals surface area contributed by atoms with Crippen LogP contribution in [0.3, 0.4) is 0 Å². The number of carbonyl (C=O) groups excluding carboxylic acids is 3. The zero-order valence-corrected chi connectivity index (χ0v) is 17.7. The predicted molar refractivity (Wildman–Crippen MR) is 126 cm³/mol. The van der Waals surface area contributed by atoms with Gasteiger partial charge in [-0.1, -0.05) is 78.9 Å². The fourth-order valence-electron chi connectivity index (χ4n) is 3.34. The highest BCUT2D eigenvalue weighted by Gasteiger charge is 2.16. The van der Waals surface area contributed by atoms with Crippen molar-refractivity contribution in [3.63, 3.8) is 0 Å². The molecule has 0 aliphatic heterocycles. The van der Waals surface area contributed by atoms with E-state index in [4.69, 9.17) is 4.74 Å². The van der Waals surface area contributed by atoms with Crippen molar-refractivity contribution in [3.8, 4) is 0 Å². The summed E-state index contributed by atoms with van der Waals surface area (Å²) in [4.78, 5) is 37.9. The molecule has 162 valence electrons. The molecule has 5 heteroatoms. The molecular formula is C28H21NO4. The van der Waals surface area contributed by atoms with Crippen LogP contribution in [0, 0.1) is 0 Å². The maximum atomic E-state index is 12.8. The molecule has 33 heavy (non-hydrogen) atoms. The van der Waals surface area contributed by atoms with Gasteiger partial charge in [-0.25, -0.2) is 4.79 Å². The van der Waals surface area contributed by atoms with Crippen molar-refractivity contribution in [2.45, 2.75) is 6.61 Å². The van der Waals surface area contributed by atoms with E-state index in [9.17, 15) is 14.4 Å². The number of carbonyl (C=O) groups is 3. The van der Waals surface area contributed by atoms with Gasteiger partial charge in [0.15, 0.2) is 5.78 Å². The second-order valence-corrected chi connectivity index (χ2v) is 7.34. The Morgan fingerprint density at radius 3 is 1.97 bits per heavy atom. The first-order valence-electron chi connectivity index (χ1n) is 10.4. The molecule has 0 atom stereocenters. The van der Waals surface area contributed by atoms with Crippen molar-refractivity contribution >= 4 is 23.3 Å². The van der Waals surface area contributed by atoms with Crippen LogP contribution in [0.1, 0.15) is 42.2 Å². The highest BCUT2D eigenvalue weighted by atomic mass is 16.5. The van der Waals surface area contributed by atoms with Gasteiger partial charge in [0, 0.05) is 16.7 Å². The molecule has 4 aromatic rings. The van der Waals surface area contributed by atoms with Crippen molar-refractivity contribution in [3.05, 3.63) is 137 Å². The quantitative estimate of drug-likeness (QED) is 0.306. The van der Waals surface area contributed by atoms with Crippen LogP contribution in [-0.4, -0.2) is 17.7 Å². The number of para-hydroxylation sites is 1. The van der Waals surface area contributed by atoms with Gasteiger partial charge in [0.2, 0.25) is 0 Å². The summed E-state index contributed by atoms with van der Waals surface area (Å²) < 4.78 is 5.48. The highest BCUT2D eigenvalue weighted by Crippen LogP contribution is 2.19. The first-order valence-corrected chi connectivity index (χ1v) is 10.4. The molecule has 4 rings (SSSR count). The summed E-state index contributed by atoms with van der Waals surface area (Å²) in [6, 6.07) is 31.4. The van der Waals surface area contributed by atoms with Gasteiger partial charge in [0.1, 0.15) is 6.61 Å². The molecule has 1 amide bonds.